The Balaban J connectivity index is 0.000000271. The molecule has 2 aromatic rings. The largest absolute Gasteiger partial charge is 0.463 e. The summed E-state index contributed by atoms with van der Waals surface area (Å²) in [5.41, 5.74) is 2.63. The first-order valence-corrected chi connectivity index (χ1v) is 11.6. The summed E-state index contributed by atoms with van der Waals surface area (Å²) in [6, 6.07) is 2.94. The quantitative estimate of drug-likeness (QED) is 0.199. The predicted octanol–water partition coefficient (Wildman–Crippen LogP) is 0.363. The fourth-order valence-electron chi connectivity index (χ4n) is 3.28. The van der Waals surface area contributed by atoms with Crippen molar-refractivity contribution in [3.05, 3.63) is 45.5 Å². The van der Waals surface area contributed by atoms with Crippen molar-refractivity contribution >= 4 is 17.6 Å². The third-order valence-electron chi connectivity index (χ3n) is 5.44. The second-order valence-electron chi connectivity index (χ2n) is 8.42. The molecular weight excluding hydrogens is 492 g/mol. The minimum Gasteiger partial charge on any atom is -0.463 e. The number of carbonyl (C=O) groups is 1. The van der Waals surface area contributed by atoms with E-state index in [0.29, 0.717) is 25.8 Å². The minimum atomic E-state index is -0.515. The second-order valence-corrected chi connectivity index (χ2v) is 8.42. The first-order valence-electron chi connectivity index (χ1n) is 11.6. The Morgan fingerprint density at radius 2 is 1.78 bits per heavy atom. The summed E-state index contributed by atoms with van der Waals surface area (Å²) in [6.45, 7) is 4.03. The fraction of sp³-hybridized carbons (Fsp3) is 0.591. The molecule has 5 N–H and O–H groups in total. The molecule has 0 saturated carbocycles. The lowest BCUT2D eigenvalue weighted by molar-refractivity contribution is -0.152. The maximum Gasteiger partial charge on any atom is 0.351 e. The van der Waals surface area contributed by atoms with Crippen molar-refractivity contribution in [3.8, 4) is 0 Å². The molecule has 2 aromatic heterocycles. The zero-order valence-corrected chi connectivity index (χ0v) is 20.9. The van der Waals surface area contributed by atoms with Gasteiger partial charge >= 0.3 is 17.3 Å². The molecular formula is C22H34N6O9. The molecule has 0 aliphatic carbocycles. The van der Waals surface area contributed by atoms with Gasteiger partial charge in [0.05, 0.1) is 24.7 Å². The number of ether oxygens (including phenoxy) is 3. The zero-order valence-electron chi connectivity index (χ0n) is 20.9. The molecule has 1 saturated heterocycles. The molecule has 0 amide bonds. The Morgan fingerprint density at radius 1 is 1.14 bits per heavy atom. The number of hydrogen-bond acceptors (Lipinski definition) is 13. The normalized spacial score (nSPS) is 17.6. The van der Waals surface area contributed by atoms with E-state index in [0.717, 1.165) is 0 Å². The summed E-state index contributed by atoms with van der Waals surface area (Å²) in [7, 11) is 1.50. The molecule has 1 aliphatic heterocycles. The van der Waals surface area contributed by atoms with Crippen molar-refractivity contribution < 1.29 is 34.5 Å². The lowest BCUT2D eigenvalue weighted by Gasteiger charge is -2.16. The van der Waals surface area contributed by atoms with Crippen LogP contribution in [0.4, 0.5) is 11.6 Å². The molecule has 3 atom stereocenters. The van der Waals surface area contributed by atoms with Crippen molar-refractivity contribution in [1.29, 1.82) is 0 Å². The summed E-state index contributed by atoms with van der Waals surface area (Å²) in [4.78, 5) is 41.8. The molecule has 3 unspecified atom stereocenters. The van der Waals surface area contributed by atoms with Gasteiger partial charge in [-0.2, -0.15) is 9.97 Å². The number of aromatic nitrogens is 4. The molecule has 1 aliphatic rings. The number of nitrogens with zero attached hydrogens (tertiary/aromatic N) is 4. The summed E-state index contributed by atoms with van der Waals surface area (Å²) in [6.07, 6.45) is 3.92. The molecule has 3 heterocycles. The zero-order chi connectivity index (χ0) is 27.4. The van der Waals surface area contributed by atoms with Crippen LogP contribution in [0.2, 0.25) is 0 Å². The van der Waals surface area contributed by atoms with Crippen molar-refractivity contribution in [2.45, 2.75) is 58.1 Å². The van der Waals surface area contributed by atoms with Crippen LogP contribution in [0.3, 0.4) is 0 Å². The van der Waals surface area contributed by atoms with Crippen LogP contribution in [0.1, 0.15) is 39.3 Å². The summed E-state index contributed by atoms with van der Waals surface area (Å²) < 4.78 is 18.5. The van der Waals surface area contributed by atoms with E-state index in [2.05, 4.69) is 9.97 Å². The highest BCUT2D eigenvalue weighted by atomic mass is 16.6. The van der Waals surface area contributed by atoms with Crippen LogP contribution in [0, 0.1) is 5.92 Å². The Hall–Kier alpha value is -3.37. The number of aliphatic hydroxyl groups excluding tert-OH is 1. The average Bonchev–Trinajstić information content (AvgIpc) is 3.37. The van der Waals surface area contributed by atoms with Crippen molar-refractivity contribution in [1.82, 2.24) is 19.1 Å². The number of anilines is 2. The van der Waals surface area contributed by atoms with E-state index in [9.17, 15) is 14.4 Å². The second kappa shape index (κ2) is 15.0. The third-order valence-corrected chi connectivity index (χ3v) is 5.44. The maximum absolute atomic E-state index is 11.8. The number of aliphatic hydroxyl groups is 1. The van der Waals surface area contributed by atoms with E-state index in [1.807, 2.05) is 5.48 Å². The van der Waals surface area contributed by atoms with Crippen LogP contribution < -0.4 is 22.3 Å². The number of rotatable bonds is 11. The number of aryl methyl sites for hydroxylation is 1. The first-order chi connectivity index (χ1) is 17.7. The Labute approximate surface area is 212 Å². The molecule has 0 spiro atoms. The van der Waals surface area contributed by atoms with Gasteiger partial charge in [-0.3, -0.25) is 35.3 Å². The highest BCUT2D eigenvalue weighted by Crippen LogP contribution is 2.27. The molecule has 0 aromatic carbocycles. The van der Waals surface area contributed by atoms with E-state index < -0.39 is 17.6 Å². The number of methoxy groups -OCH3 is 1. The van der Waals surface area contributed by atoms with Gasteiger partial charge in [0.2, 0.25) is 0 Å². The van der Waals surface area contributed by atoms with Gasteiger partial charge in [0.1, 0.15) is 12.8 Å². The standard InChI is InChI=1S/C13H19N3O5.C9H15N3O4/c1-8(2)12(17)20-7-9-3-4-11(21-9)16-6-5-10(15-19)14-13(16)18;1-16-7(6-13)2-4-12-5-3-8(11-15)10-9(12)14/h5-6,8-9,11,19H,3-4,7H2,1-2H3,(H,14,15,18);3,5,7,13,15H,2,4,6H2,1H3,(H,10,11,14). The van der Waals surface area contributed by atoms with Crippen LogP contribution in [-0.4, -0.2) is 73.1 Å². The minimum absolute atomic E-state index is 0.0802. The van der Waals surface area contributed by atoms with Crippen LogP contribution in [0.15, 0.2) is 34.1 Å². The topological polar surface area (TPSA) is 199 Å². The molecule has 0 bridgehead atoms. The lowest BCUT2D eigenvalue weighted by Crippen LogP contribution is -2.28. The van der Waals surface area contributed by atoms with E-state index in [1.165, 1.54) is 40.8 Å². The van der Waals surface area contributed by atoms with Crippen LogP contribution in [0.5, 0.6) is 0 Å². The number of carbonyl (C=O) groups excluding carboxylic acids is 1. The summed E-state index contributed by atoms with van der Waals surface area (Å²) in [5.74, 6) is -0.254. The maximum atomic E-state index is 11.8. The highest BCUT2D eigenvalue weighted by Gasteiger charge is 2.28. The van der Waals surface area contributed by atoms with Gasteiger partial charge in [0.25, 0.3) is 0 Å². The smallest absolute Gasteiger partial charge is 0.351 e. The lowest BCUT2D eigenvalue weighted by atomic mass is 10.2. The molecule has 206 valence electrons. The molecule has 0 radical (unpaired) electrons. The van der Waals surface area contributed by atoms with Gasteiger partial charge in [-0.15, -0.1) is 0 Å². The van der Waals surface area contributed by atoms with E-state index in [4.69, 9.17) is 29.7 Å². The summed E-state index contributed by atoms with van der Waals surface area (Å²) >= 11 is 0. The predicted molar refractivity (Wildman–Crippen MR) is 129 cm³/mol. The van der Waals surface area contributed by atoms with E-state index in [1.54, 1.807) is 19.3 Å². The number of hydrogen-bond donors (Lipinski definition) is 5. The van der Waals surface area contributed by atoms with Crippen LogP contribution in [-0.2, 0) is 25.5 Å². The van der Waals surface area contributed by atoms with E-state index in [-0.39, 0.29) is 48.9 Å². The van der Waals surface area contributed by atoms with Gasteiger partial charge in [-0.1, -0.05) is 13.8 Å². The molecule has 1 fully saturated rings. The van der Waals surface area contributed by atoms with Gasteiger partial charge in [0, 0.05) is 26.0 Å². The third kappa shape index (κ3) is 9.22. The fourth-order valence-corrected chi connectivity index (χ4v) is 3.28. The number of nitrogens with one attached hydrogen (secondary N) is 2. The molecule has 15 heteroatoms. The Bertz CT molecular complexity index is 1100. The Morgan fingerprint density at radius 3 is 2.32 bits per heavy atom. The van der Waals surface area contributed by atoms with Gasteiger partial charge in [-0.25, -0.2) is 9.59 Å². The van der Waals surface area contributed by atoms with Gasteiger partial charge in [0.15, 0.2) is 11.6 Å². The average molecular weight is 527 g/mol. The Kier molecular flexibility index (Phi) is 12.1. The van der Waals surface area contributed by atoms with Crippen LogP contribution in [0.25, 0.3) is 0 Å². The first kappa shape index (κ1) is 29.9. The van der Waals surface area contributed by atoms with Gasteiger partial charge in [-0.05, 0) is 31.4 Å². The van der Waals surface area contributed by atoms with Crippen LogP contribution >= 0.6 is 0 Å². The SMILES string of the molecule is CC(C)C(=O)OCC1CCC(n2ccc(NO)nc2=O)O1.COC(CO)CCn1ccc(NO)nc1=O. The van der Waals surface area contributed by atoms with E-state index >= 15 is 0 Å². The molecule has 3 rings (SSSR count). The van der Waals surface area contributed by atoms with Crippen molar-refractivity contribution in [2.75, 3.05) is 31.3 Å². The number of esters is 1. The summed E-state index contributed by atoms with van der Waals surface area (Å²) in [5, 5.41) is 26.1. The molecule has 37 heavy (non-hydrogen) atoms. The monoisotopic (exact) mass is 526 g/mol. The van der Waals surface area contributed by atoms with Crippen molar-refractivity contribution in [2.24, 2.45) is 5.92 Å². The van der Waals surface area contributed by atoms with Gasteiger partial charge < -0.3 is 19.3 Å². The highest BCUT2D eigenvalue weighted by molar-refractivity contribution is 5.71. The molecule has 15 nitrogen and oxygen atoms in total. The van der Waals surface area contributed by atoms with Crippen molar-refractivity contribution in [3.63, 3.8) is 0 Å².